The summed E-state index contributed by atoms with van der Waals surface area (Å²) in [7, 11) is 3.24. The van der Waals surface area contributed by atoms with Gasteiger partial charge >= 0.3 is 5.97 Å². The SMILES string of the molecule is C=CCOc1cccc(C(CCc2ccc(OC)c(OC)c2)OC(=O)[C@H]2CCCCN2)c1. The third kappa shape index (κ3) is 6.50. The van der Waals surface area contributed by atoms with Crippen molar-refractivity contribution in [2.24, 2.45) is 0 Å². The van der Waals surface area contributed by atoms with Gasteiger partial charge in [0.1, 0.15) is 24.5 Å². The highest BCUT2D eigenvalue weighted by molar-refractivity contribution is 5.76. The van der Waals surface area contributed by atoms with E-state index in [1.165, 1.54) is 0 Å². The molecule has 0 amide bonds. The Morgan fingerprint density at radius 2 is 2.00 bits per heavy atom. The van der Waals surface area contributed by atoms with Gasteiger partial charge in [-0.3, -0.25) is 4.79 Å². The molecule has 0 aromatic heterocycles. The van der Waals surface area contributed by atoms with Crippen LogP contribution in [0, 0.1) is 0 Å². The highest BCUT2D eigenvalue weighted by atomic mass is 16.5. The van der Waals surface area contributed by atoms with Gasteiger partial charge in [0, 0.05) is 0 Å². The van der Waals surface area contributed by atoms with Crippen LogP contribution in [0.3, 0.4) is 0 Å². The Morgan fingerprint density at radius 3 is 2.72 bits per heavy atom. The second-order valence-corrected chi connectivity index (χ2v) is 7.83. The van der Waals surface area contributed by atoms with E-state index in [9.17, 15) is 4.79 Å². The molecule has 32 heavy (non-hydrogen) atoms. The van der Waals surface area contributed by atoms with Crippen molar-refractivity contribution in [3.63, 3.8) is 0 Å². The van der Waals surface area contributed by atoms with E-state index in [2.05, 4.69) is 11.9 Å². The van der Waals surface area contributed by atoms with E-state index in [-0.39, 0.29) is 18.1 Å². The number of esters is 1. The number of carbonyl (C=O) groups excluding carboxylic acids is 1. The van der Waals surface area contributed by atoms with Crippen molar-refractivity contribution in [2.45, 2.75) is 44.2 Å². The molecule has 0 aliphatic carbocycles. The smallest absolute Gasteiger partial charge is 0.323 e. The van der Waals surface area contributed by atoms with E-state index in [1.807, 2.05) is 42.5 Å². The molecule has 6 nitrogen and oxygen atoms in total. The molecule has 3 rings (SSSR count). The molecule has 0 radical (unpaired) electrons. The standard InChI is InChI=1S/C26H33NO5/c1-4-16-31-21-9-7-8-20(18-21)23(32-26(28)22-10-5-6-15-27-22)13-11-19-12-14-24(29-2)25(17-19)30-3/h4,7-9,12,14,17-18,22-23,27H,1,5-6,10-11,13,15-16H2,2-3H3/t22-,23?/m1/s1. The minimum atomic E-state index is -0.383. The molecule has 1 fully saturated rings. The Hall–Kier alpha value is -2.99. The minimum absolute atomic E-state index is 0.195. The summed E-state index contributed by atoms with van der Waals surface area (Å²) >= 11 is 0. The van der Waals surface area contributed by atoms with E-state index >= 15 is 0 Å². The van der Waals surface area contributed by atoms with E-state index in [0.717, 1.165) is 42.7 Å². The summed E-state index contributed by atoms with van der Waals surface area (Å²) in [6, 6.07) is 13.3. The van der Waals surface area contributed by atoms with E-state index < -0.39 is 0 Å². The Bertz CT molecular complexity index is 892. The molecule has 2 atom stereocenters. The maximum atomic E-state index is 12.9. The lowest BCUT2D eigenvalue weighted by Gasteiger charge is -2.25. The summed E-state index contributed by atoms with van der Waals surface area (Å²) in [5.41, 5.74) is 2.00. The molecule has 2 aromatic carbocycles. The zero-order valence-electron chi connectivity index (χ0n) is 19.0. The third-order valence-electron chi connectivity index (χ3n) is 5.59. The van der Waals surface area contributed by atoms with Gasteiger partial charge in [-0.1, -0.05) is 37.3 Å². The molecule has 1 N–H and O–H groups in total. The second kappa shape index (κ2) is 12.2. The zero-order valence-corrected chi connectivity index (χ0v) is 19.0. The number of nitrogens with one attached hydrogen (secondary N) is 1. The van der Waals surface area contributed by atoms with Crippen molar-refractivity contribution in [2.75, 3.05) is 27.4 Å². The van der Waals surface area contributed by atoms with E-state index in [1.54, 1.807) is 20.3 Å². The molecule has 1 heterocycles. The average Bonchev–Trinajstić information content (AvgIpc) is 2.85. The van der Waals surface area contributed by atoms with E-state index in [4.69, 9.17) is 18.9 Å². The van der Waals surface area contributed by atoms with Crippen molar-refractivity contribution in [3.05, 3.63) is 66.2 Å². The zero-order chi connectivity index (χ0) is 22.8. The molecule has 1 saturated heterocycles. The second-order valence-electron chi connectivity index (χ2n) is 7.83. The van der Waals surface area contributed by atoms with Crippen LogP contribution in [0.1, 0.15) is 42.9 Å². The third-order valence-corrected chi connectivity index (χ3v) is 5.59. The number of piperidine rings is 1. The van der Waals surface area contributed by atoms with Crippen LogP contribution in [0.5, 0.6) is 17.2 Å². The molecule has 6 heteroatoms. The first-order valence-corrected chi connectivity index (χ1v) is 11.1. The summed E-state index contributed by atoms with van der Waals surface area (Å²) in [5, 5.41) is 3.28. The summed E-state index contributed by atoms with van der Waals surface area (Å²) in [6.45, 7) is 4.96. The normalized spacial score (nSPS) is 16.6. The van der Waals surface area contributed by atoms with Crippen LogP contribution in [-0.2, 0) is 16.0 Å². The summed E-state index contributed by atoms with van der Waals surface area (Å²) < 4.78 is 22.5. The molecule has 2 aromatic rings. The summed E-state index contributed by atoms with van der Waals surface area (Å²) in [6.07, 6.45) is 5.61. The average molecular weight is 440 g/mol. The monoisotopic (exact) mass is 439 g/mol. The molecular weight excluding hydrogens is 406 g/mol. The fraction of sp³-hybridized carbons (Fsp3) is 0.423. The van der Waals surface area contributed by atoms with Gasteiger partial charge in [0.25, 0.3) is 0 Å². The molecule has 0 saturated carbocycles. The van der Waals surface area contributed by atoms with Gasteiger partial charge in [-0.05, 0) is 67.6 Å². The lowest BCUT2D eigenvalue weighted by atomic mass is 10.00. The van der Waals surface area contributed by atoms with E-state index in [0.29, 0.717) is 30.9 Å². The van der Waals surface area contributed by atoms with Gasteiger partial charge in [0.05, 0.1) is 14.2 Å². The van der Waals surface area contributed by atoms with Gasteiger partial charge in [-0.2, -0.15) is 0 Å². The quantitative estimate of drug-likeness (QED) is 0.407. The first-order chi connectivity index (χ1) is 15.6. The van der Waals surface area contributed by atoms with Crippen molar-refractivity contribution < 1.29 is 23.7 Å². The van der Waals surface area contributed by atoms with Gasteiger partial charge in [-0.15, -0.1) is 0 Å². The van der Waals surface area contributed by atoms with Crippen LogP contribution >= 0.6 is 0 Å². The number of rotatable bonds is 11. The lowest BCUT2D eigenvalue weighted by Crippen LogP contribution is -2.41. The van der Waals surface area contributed by atoms with Gasteiger partial charge in [0.2, 0.25) is 0 Å². The molecule has 0 bridgehead atoms. The Labute approximate surface area is 190 Å². The van der Waals surface area contributed by atoms with Crippen LogP contribution in [-0.4, -0.2) is 39.4 Å². The fourth-order valence-electron chi connectivity index (χ4n) is 3.86. The first-order valence-electron chi connectivity index (χ1n) is 11.1. The maximum Gasteiger partial charge on any atom is 0.323 e. The predicted octanol–water partition coefficient (Wildman–Crippen LogP) is 4.63. The largest absolute Gasteiger partial charge is 0.493 e. The van der Waals surface area contributed by atoms with Crippen molar-refractivity contribution >= 4 is 5.97 Å². The number of benzene rings is 2. The summed E-state index contributed by atoms with van der Waals surface area (Å²) in [4.78, 5) is 12.9. The fourth-order valence-corrected chi connectivity index (χ4v) is 3.86. The van der Waals surface area contributed by atoms with Crippen LogP contribution in [0.25, 0.3) is 0 Å². The van der Waals surface area contributed by atoms with Gasteiger partial charge < -0.3 is 24.3 Å². The molecular formula is C26H33NO5. The van der Waals surface area contributed by atoms with Crippen LogP contribution in [0.15, 0.2) is 55.1 Å². The highest BCUT2D eigenvalue weighted by Crippen LogP contribution is 2.31. The maximum absolute atomic E-state index is 12.9. The predicted molar refractivity (Wildman–Crippen MR) is 124 cm³/mol. The van der Waals surface area contributed by atoms with Crippen molar-refractivity contribution in [1.82, 2.24) is 5.32 Å². The number of methoxy groups -OCH3 is 2. The Kier molecular flexibility index (Phi) is 8.99. The number of hydrogen-bond donors (Lipinski definition) is 1. The van der Waals surface area contributed by atoms with Crippen molar-refractivity contribution in [1.29, 1.82) is 0 Å². The molecule has 1 aliphatic heterocycles. The number of carbonyl (C=O) groups is 1. The minimum Gasteiger partial charge on any atom is -0.493 e. The van der Waals surface area contributed by atoms with Gasteiger partial charge in [0.15, 0.2) is 11.5 Å². The number of ether oxygens (including phenoxy) is 4. The summed E-state index contributed by atoms with van der Waals surface area (Å²) in [5.74, 6) is 1.91. The van der Waals surface area contributed by atoms with Gasteiger partial charge in [-0.25, -0.2) is 0 Å². The first kappa shape index (κ1) is 23.7. The molecule has 1 aliphatic rings. The molecule has 0 spiro atoms. The van der Waals surface area contributed by atoms with Crippen LogP contribution < -0.4 is 19.5 Å². The Morgan fingerprint density at radius 1 is 1.16 bits per heavy atom. The van der Waals surface area contributed by atoms with Crippen molar-refractivity contribution in [3.8, 4) is 17.2 Å². The van der Waals surface area contributed by atoms with Crippen LogP contribution in [0.2, 0.25) is 0 Å². The molecule has 1 unspecified atom stereocenters. The highest BCUT2D eigenvalue weighted by Gasteiger charge is 2.26. The van der Waals surface area contributed by atoms with Crippen LogP contribution in [0.4, 0.5) is 0 Å². The lowest BCUT2D eigenvalue weighted by molar-refractivity contribution is -0.153. The molecule has 172 valence electrons. The number of hydrogen-bond acceptors (Lipinski definition) is 6. The topological polar surface area (TPSA) is 66.0 Å². The number of aryl methyl sites for hydroxylation is 1. The Balaban J connectivity index is 1.77.